The third-order valence-electron chi connectivity index (χ3n) is 2.40. The molecule has 0 fully saturated rings. The van der Waals surface area contributed by atoms with Gasteiger partial charge in [-0.2, -0.15) is 0 Å². The highest BCUT2D eigenvalue weighted by Gasteiger charge is 2.19. The Morgan fingerprint density at radius 2 is 2.17 bits per heavy atom. The Labute approximate surface area is 111 Å². The fourth-order valence-electron chi connectivity index (χ4n) is 1.41. The van der Waals surface area contributed by atoms with Crippen LogP contribution >= 0.6 is 11.3 Å². The third-order valence-corrected chi connectivity index (χ3v) is 5.71. The zero-order valence-corrected chi connectivity index (χ0v) is 12.0. The molecule has 18 heavy (non-hydrogen) atoms. The third kappa shape index (κ3) is 4.40. The first kappa shape index (κ1) is 15.1. The summed E-state index contributed by atoms with van der Waals surface area (Å²) in [5.74, 6) is -0.926. The van der Waals surface area contributed by atoms with E-state index in [0.29, 0.717) is 0 Å². The van der Waals surface area contributed by atoms with Crippen molar-refractivity contribution in [1.29, 1.82) is 0 Å². The van der Waals surface area contributed by atoms with Gasteiger partial charge >= 0.3 is 5.97 Å². The maximum atomic E-state index is 12.0. The fraction of sp³-hybridized carbons (Fsp3) is 0.545. The maximum absolute atomic E-state index is 12.0. The second-order valence-corrected chi connectivity index (χ2v) is 7.14. The summed E-state index contributed by atoms with van der Waals surface area (Å²) in [6, 6.07) is 2.98. The molecule has 7 heteroatoms. The number of carboxylic acid groups (broad SMARTS) is 1. The number of aryl methyl sites for hydroxylation is 1. The number of sulfonamides is 1. The van der Waals surface area contributed by atoms with Crippen molar-refractivity contribution in [2.75, 3.05) is 0 Å². The standard InChI is InChI=1S/C11H17NO4S2/c1-3-9-5-7-11(17-9)18(15,16)12-8(2)4-6-10(13)14/h5,7-8,12H,3-4,6H2,1-2H3,(H,13,14). The minimum Gasteiger partial charge on any atom is -0.481 e. The molecule has 0 aromatic carbocycles. The van der Waals surface area contributed by atoms with E-state index in [1.165, 1.54) is 11.3 Å². The Bertz CT molecular complexity index is 507. The van der Waals surface area contributed by atoms with Crippen LogP contribution in [-0.2, 0) is 21.2 Å². The predicted molar refractivity (Wildman–Crippen MR) is 70.4 cm³/mol. The molecule has 1 aromatic rings. The summed E-state index contributed by atoms with van der Waals surface area (Å²) >= 11 is 1.24. The van der Waals surface area contributed by atoms with Crippen LogP contribution in [0.4, 0.5) is 0 Å². The van der Waals surface area contributed by atoms with Crippen LogP contribution in [0.2, 0.25) is 0 Å². The van der Waals surface area contributed by atoms with Crippen molar-refractivity contribution in [1.82, 2.24) is 4.72 Å². The van der Waals surface area contributed by atoms with Crippen molar-refractivity contribution >= 4 is 27.3 Å². The molecular weight excluding hydrogens is 274 g/mol. The number of hydrogen-bond donors (Lipinski definition) is 2. The minimum absolute atomic E-state index is 0.0473. The summed E-state index contributed by atoms with van der Waals surface area (Å²) in [7, 11) is -3.52. The molecule has 1 unspecified atom stereocenters. The normalized spacial score (nSPS) is 13.4. The summed E-state index contributed by atoms with van der Waals surface area (Å²) in [6.45, 7) is 3.62. The van der Waals surface area contributed by atoms with Gasteiger partial charge in [0.05, 0.1) is 0 Å². The van der Waals surface area contributed by atoms with Crippen LogP contribution in [-0.4, -0.2) is 25.5 Å². The highest BCUT2D eigenvalue weighted by Crippen LogP contribution is 2.22. The first-order chi connectivity index (χ1) is 8.35. The summed E-state index contributed by atoms with van der Waals surface area (Å²) in [5, 5.41) is 8.54. The van der Waals surface area contributed by atoms with Gasteiger partial charge in [-0.1, -0.05) is 6.92 Å². The molecule has 0 radical (unpaired) electrons. The number of hydrogen-bond acceptors (Lipinski definition) is 4. The number of thiophene rings is 1. The summed E-state index contributed by atoms with van der Waals surface area (Å²) in [6.07, 6.45) is 1.03. The summed E-state index contributed by atoms with van der Waals surface area (Å²) < 4.78 is 26.7. The quantitative estimate of drug-likeness (QED) is 0.803. The van der Waals surface area contributed by atoms with E-state index in [0.717, 1.165) is 11.3 Å². The predicted octanol–water partition coefficient (Wildman–Crippen LogP) is 1.84. The molecule has 0 saturated heterocycles. The molecule has 102 valence electrons. The molecule has 0 aliphatic heterocycles. The van der Waals surface area contributed by atoms with Gasteiger partial charge in [0.25, 0.3) is 0 Å². The zero-order chi connectivity index (χ0) is 13.8. The fourth-order valence-corrected chi connectivity index (χ4v) is 4.00. The van der Waals surface area contributed by atoms with Gasteiger partial charge < -0.3 is 5.11 Å². The van der Waals surface area contributed by atoms with Gasteiger partial charge in [-0.25, -0.2) is 13.1 Å². The first-order valence-corrected chi connectivity index (χ1v) is 7.98. The molecule has 0 bridgehead atoms. The lowest BCUT2D eigenvalue weighted by Gasteiger charge is -2.11. The topological polar surface area (TPSA) is 83.5 Å². The molecule has 1 heterocycles. The average Bonchev–Trinajstić information content (AvgIpc) is 2.75. The van der Waals surface area contributed by atoms with Gasteiger partial charge in [-0.3, -0.25) is 4.79 Å². The lowest BCUT2D eigenvalue weighted by atomic mass is 10.2. The second-order valence-electron chi connectivity index (χ2n) is 4.03. The summed E-state index contributed by atoms with van der Waals surface area (Å²) in [4.78, 5) is 11.4. The van der Waals surface area contributed by atoms with Crippen molar-refractivity contribution in [2.24, 2.45) is 0 Å². The van der Waals surface area contributed by atoms with E-state index in [4.69, 9.17) is 5.11 Å². The molecule has 0 saturated carbocycles. The molecule has 0 spiro atoms. The van der Waals surface area contributed by atoms with E-state index < -0.39 is 22.0 Å². The Hall–Kier alpha value is -0.920. The van der Waals surface area contributed by atoms with Crippen LogP contribution in [0.1, 0.15) is 31.6 Å². The molecule has 2 N–H and O–H groups in total. The molecule has 1 aromatic heterocycles. The van der Waals surface area contributed by atoms with Gasteiger partial charge in [-0.15, -0.1) is 11.3 Å². The molecule has 5 nitrogen and oxygen atoms in total. The Morgan fingerprint density at radius 3 is 2.67 bits per heavy atom. The number of carbonyl (C=O) groups is 1. The van der Waals surface area contributed by atoms with Gasteiger partial charge in [0.2, 0.25) is 10.0 Å². The van der Waals surface area contributed by atoms with E-state index >= 15 is 0 Å². The first-order valence-electron chi connectivity index (χ1n) is 5.68. The zero-order valence-electron chi connectivity index (χ0n) is 10.3. The minimum atomic E-state index is -3.52. The largest absolute Gasteiger partial charge is 0.481 e. The lowest BCUT2D eigenvalue weighted by molar-refractivity contribution is -0.137. The number of carboxylic acids is 1. The average molecular weight is 291 g/mol. The molecular formula is C11H17NO4S2. The van der Waals surface area contributed by atoms with Crippen molar-refractivity contribution in [3.05, 3.63) is 17.0 Å². The number of aliphatic carboxylic acids is 1. The van der Waals surface area contributed by atoms with Crippen LogP contribution in [0.15, 0.2) is 16.3 Å². The molecule has 0 aliphatic carbocycles. The maximum Gasteiger partial charge on any atom is 0.303 e. The Balaban J connectivity index is 2.66. The monoisotopic (exact) mass is 291 g/mol. The van der Waals surface area contributed by atoms with Gasteiger partial charge in [0.15, 0.2) is 0 Å². The highest BCUT2D eigenvalue weighted by molar-refractivity contribution is 7.91. The van der Waals surface area contributed by atoms with Crippen LogP contribution in [0, 0.1) is 0 Å². The van der Waals surface area contributed by atoms with E-state index in [1.807, 2.05) is 6.92 Å². The van der Waals surface area contributed by atoms with Crippen molar-refractivity contribution in [3.63, 3.8) is 0 Å². The SMILES string of the molecule is CCc1ccc(S(=O)(=O)NC(C)CCC(=O)O)s1. The highest BCUT2D eigenvalue weighted by atomic mass is 32.2. The van der Waals surface area contributed by atoms with E-state index in [2.05, 4.69) is 4.72 Å². The Kier molecular flexibility index (Phi) is 5.30. The van der Waals surface area contributed by atoms with Gasteiger partial charge in [0.1, 0.15) is 4.21 Å². The lowest BCUT2D eigenvalue weighted by Crippen LogP contribution is -2.32. The number of nitrogens with one attached hydrogen (secondary N) is 1. The molecule has 1 rings (SSSR count). The van der Waals surface area contributed by atoms with E-state index in [1.54, 1.807) is 19.1 Å². The molecule has 0 amide bonds. The second kappa shape index (κ2) is 6.31. The van der Waals surface area contributed by atoms with Crippen molar-refractivity contribution < 1.29 is 18.3 Å². The van der Waals surface area contributed by atoms with Gasteiger partial charge in [-0.05, 0) is 31.9 Å². The number of rotatable bonds is 7. The molecule has 1 atom stereocenters. The van der Waals surface area contributed by atoms with E-state index in [9.17, 15) is 13.2 Å². The molecule has 0 aliphatic rings. The van der Waals surface area contributed by atoms with Crippen molar-refractivity contribution in [3.8, 4) is 0 Å². The Morgan fingerprint density at radius 1 is 1.50 bits per heavy atom. The van der Waals surface area contributed by atoms with Gasteiger partial charge in [0, 0.05) is 17.3 Å². The van der Waals surface area contributed by atoms with Crippen LogP contribution in [0.5, 0.6) is 0 Å². The van der Waals surface area contributed by atoms with Crippen LogP contribution in [0.25, 0.3) is 0 Å². The van der Waals surface area contributed by atoms with E-state index in [-0.39, 0.29) is 17.1 Å². The smallest absolute Gasteiger partial charge is 0.303 e. The van der Waals surface area contributed by atoms with Crippen LogP contribution in [0.3, 0.4) is 0 Å². The van der Waals surface area contributed by atoms with Crippen molar-refractivity contribution in [2.45, 2.75) is 43.4 Å². The summed E-state index contributed by atoms with van der Waals surface area (Å²) in [5.41, 5.74) is 0. The van der Waals surface area contributed by atoms with Crippen LogP contribution < -0.4 is 4.72 Å².